The molecule has 1 aromatic carbocycles. The first-order valence-electron chi connectivity index (χ1n) is 7.73. The van der Waals surface area contributed by atoms with Gasteiger partial charge in [-0.15, -0.1) is 10.2 Å². The Labute approximate surface area is 148 Å². The smallest absolute Gasteiger partial charge is 0.239 e. The van der Waals surface area contributed by atoms with Crippen molar-refractivity contribution >= 4 is 45.0 Å². The highest BCUT2D eigenvalue weighted by Crippen LogP contribution is 2.27. The van der Waals surface area contributed by atoms with Crippen LogP contribution in [0.1, 0.15) is 24.4 Å². The van der Waals surface area contributed by atoms with Crippen molar-refractivity contribution in [2.45, 2.75) is 37.5 Å². The van der Waals surface area contributed by atoms with Gasteiger partial charge in [0, 0.05) is 5.39 Å². The molecule has 0 spiro atoms. The Morgan fingerprint density at radius 2 is 2.12 bits per heavy atom. The lowest BCUT2D eigenvalue weighted by atomic mass is 10.1. The largest absolute Gasteiger partial charge is 0.300 e. The highest BCUT2D eigenvalue weighted by molar-refractivity contribution is 8.00. The number of rotatable bonds is 5. The van der Waals surface area contributed by atoms with Gasteiger partial charge in [0.15, 0.2) is 0 Å². The summed E-state index contributed by atoms with van der Waals surface area (Å²) in [4.78, 5) is 17.0. The molecule has 0 radical (unpaired) electrons. The molecule has 0 aliphatic rings. The molecule has 0 aliphatic heterocycles. The molecule has 1 unspecified atom stereocenters. The normalized spacial score (nSPS) is 12.3. The van der Waals surface area contributed by atoms with Gasteiger partial charge in [-0.2, -0.15) is 0 Å². The fraction of sp³-hybridized carbons (Fsp3) is 0.294. The Balaban J connectivity index is 1.71. The SMILES string of the molecule is CCc1nnc(NC(=O)C(C)Sc2cc(C)c3ccccc3n2)s1. The zero-order chi connectivity index (χ0) is 17.1. The highest BCUT2D eigenvalue weighted by atomic mass is 32.2. The van der Waals surface area contributed by atoms with Gasteiger partial charge < -0.3 is 0 Å². The molecule has 0 bridgehead atoms. The molecule has 124 valence electrons. The fourth-order valence-corrected chi connectivity index (χ4v) is 3.87. The second-order valence-electron chi connectivity index (χ2n) is 5.40. The summed E-state index contributed by atoms with van der Waals surface area (Å²) < 4.78 is 0. The van der Waals surface area contributed by atoms with Gasteiger partial charge in [-0.3, -0.25) is 10.1 Å². The summed E-state index contributed by atoms with van der Waals surface area (Å²) in [6, 6.07) is 10.1. The lowest BCUT2D eigenvalue weighted by molar-refractivity contribution is -0.115. The number of nitrogens with one attached hydrogen (secondary N) is 1. The van der Waals surface area contributed by atoms with Crippen LogP contribution >= 0.6 is 23.1 Å². The highest BCUT2D eigenvalue weighted by Gasteiger charge is 2.17. The number of anilines is 1. The summed E-state index contributed by atoms with van der Waals surface area (Å²) >= 11 is 2.86. The monoisotopic (exact) mass is 358 g/mol. The second-order valence-corrected chi connectivity index (χ2v) is 7.82. The predicted molar refractivity (Wildman–Crippen MR) is 99.7 cm³/mol. The van der Waals surface area contributed by atoms with Crippen LogP contribution in [0, 0.1) is 6.92 Å². The van der Waals surface area contributed by atoms with Gasteiger partial charge in [0.1, 0.15) is 5.01 Å². The van der Waals surface area contributed by atoms with E-state index in [-0.39, 0.29) is 11.2 Å². The lowest BCUT2D eigenvalue weighted by Gasteiger charge is -2.11. The summed E-state index contributed by atoms with van der Waals surface area (Å²) in [5.74, 6) is -0.0913. The number of thioether (sulfide) groups is 1. The molecule has 0 fully saturated rings. The van der Waals surface area contributed by atoms with Crippen LogP contribution in [0.15, 0.2) is 35.4 Å². The van der Waals surface area contributed by atoms with Crippen LogP contribution in [0.25, 0.3) is 10.9 Å². The average molecular weight is 358 g/mol. The number of nitrogens with zero attached hydrogens (tertiary/aromatic N) is 3. The summed E-state index contributed by atoms with van der Waals surface area (Å²) in [5, 5.41) is 14.0. The zero-order valence-corrected chi connectivity index (χ0v) is 15.4. The molecule has 24 heavy (non-hydrogen) atoms. The third-order valence-corrected chi connectivity index (χ3v) is 5.57. The number of benzene rings is 1. The molecular formula is C17H18N4OS2. The molecule has 1 amide bonds. The molecule has 2 aromatic heterocycles. The number of amides is 1. The van der Waals surface area contributed by atoms with E-state index in [1.54, 1.807) is 0 Å². The molecule has 3 rings (SSSR count). The molecule has 1 atom stereocenters. The van der Waals surface area contributed by atoms with Crippen molar-refractivity contribution in [3.05, 3.63) is 40.9 Å². The predicted octanol–water partition coefficient (Wildman–Crippen LogP) is 4.08. The molecule has 1 N–H and O–H groups in total. The van der Waals surface area contributed by atoms with Crippen molar-refractivity contribution < 1.29 is 4.79 Å². The van der Waals surface area contributed by atoms with Crippen LogP contribution in [-0.2, 0) is 11.2 Å². The van der Waals surface area contributed by atoms with Crippen molar-refractivity contribution in [3.8, 4) is 0 Å². The molecule has 0 aliphatic carbocycles. The van der Waals surface area contributed by atoms with Crippen LogP contribution in [0.5, 0.6) is 0 Å². The molecular weight excluding hydrogens is 340 g/mol. The third kappa shape index (κ3) is 3.73. The van der Waals surface area contributed by atoms with E-state index in [0.29, 0.717) is 5.13 Å². The standard InChI is InChI=1S/C17H18N4OS2/c1-4-14-20-21-17(24-14)19-16(22)11(3)23-15-9-10(2)12-7-5-6-8-13(12)18-15/h5-9,11H,4H2,1-3H3,(H,19,21,22). The van der Waals surface area contributed by atoms with Crippen LogP contribution in [0.3, 0.4) is 0 Å². The minimum atomic E-state index is -0.271. The van der Waals surface area contributed by atoms with Crippen LogP contribution in [-0.4, -0.2) is 26.3 Å². The number of para-hydroxylation sites is 1. The van der Waals surface area contributed by atoms with Gasteiger partial charge in [0.2, 0.25) is 11.0 Å². The van der Waals surface area contributed by atoms with E-state index in [2.05, 4.69) is 33.5 Å². The number of aryl methyl sites for hydroxylation is 2. The maximum Gasteiger partial charge on any atom is 0.239 e. The van der Waals surface area contributed by atoms with Crippen molar-refractivity contribution in [2.75, 3.05) is 5.32 Å². The Morgan fingerprint density at radius 3 is 2.88 bits per heavy atom. The molecule has 2 heterocycles. The van der Waals surface area contributed by atoms with Gasteiger partial charge in [-0.1, -0.05) is 48.2 Å². The molecule has 0 saturated heterocycles. The van der Waals surface area contributed by atoms with E-state index in [4.69, 9.17) is 0 Å². The Hall–Kier alpha value is -1.99. The number of pyridine rings is 1. The van der Waals surface area contributed by atoms with Gasteiger partial charge >= 0.3 is 0 Å². The third-order valence-electron chi connectivity index (χ3n) is 3.57. The maximum atomic E-state index is 12.3. The Morgan fingerprint density at radius 1 is 1.33 bits per heavy atom. The number of fused-ring (bicyclic) bond motifs is 1. The van der Waals surface area contributed by atoms with Crippen LogP contribution in [0.2, 0.25) is 0 Å². The fourth-order valence-electron chi connectivity index (χ4n) is 2.27. The molecule has 7 heteroatoms. The second kappa shape index (κ2) is 7.27. The van der Waals surface area contributed by atoms with Gasteiger partial charge in [-0.05, 0) is 38.0 Å². The van der Waals surface area contributed by atoms with E-state index >= 15 is 0 Å². The van der Waals surface area contributed by atoms with Crippen molar-refractivity contribution in [2.24, 2.45) is 0 Å². The average Bonchev–Trinajstić information content (AvgIpc) is 3.02. The van der Waals surface area contributed by atoms with Crippen molar-refractivity contribution in [1.82, 2.24) is 15.2 Å². The van der Waals surface area contributed by atoms with Crippen LogP contribution in [0.4, 0.5) is 5.13 Å². The number of aromatic nitrogens is 3. The minimum absolute atomic E-state index is 0.0913. The van der Waals surface area contributed by atoms with E-state index < -0.39 is 0 Å². The summed E-state index contributed by atoms with van der Waals surface area (Å²) in [6.07, 6.45) is 0.818. The van der Waals surface area contributed by atoms with Gasteiger partial charge in [0.05, 0.1) is 15.8 Å². The van der Waals surface area contributed by atoms with Gasteiger partial charge in [0.25, 0.3) is 0 Å². The summed E-state index contributed by atoms with van der Waals surface area (Å²) in [6.45, 7) is 5.94. The number of hydrogen-bond acceptors (Lipinski definition) is 6. The van der Waals surface area contributed by atoms with Crippen molar-refractivity contribution in [3.63, 3.8) is 0 Å². The first kappa shape index (κ1) is 16.9. The maximum absolute atomic E-state index is 12.3. The van der Waals surface area contributed by atoms with E-state index in [9.17, 15) is 4.79 Å². The number of carbonyl (C=O) groups is 1. The summed E-state index contributed by atoms with van der Waals surface area (Å²) in [7, 11) is 0. The molecule has 5 nitrogen and oxygen atoms in total. The van der Waals surface area contributed by atoms with Crippen molar-refractivity contribution in [1.29, 1.82) is 0 Å². The molecule has 0 saturated carbocycles. The molecule has 3 aromatic rings. The van der Waals surface area contributed by atoms with E-state index in [0.717, 1.165) is 32.9 Å². The van der Waals surface area contributed by atoms with Crippen LogP contribution < -0.4 is 5.32 Å². The quantitative estimate of drug-likeness (QED) is 0.696. The zero-order valence-electron chi connectivity index (χ0n) is 13.7. The van der Waals surface area contributed by atoms with E-state index in [1.165, 1.54) is 23.1 Å². The first-order chi connectivity index (χ1) is 11.6. The Bertz CT molecular complexity index is 878. The first-order valence-corrected chi connectivity index (χ1v) is 9.42. The van der Waals surface area contributed by atoms with Gasteiger partial charge in [-0.25, -0.2) is 4.98 Å². The van der Waals surface area contributed by atoms with E-state index in [1.807, 2.05) is 38.1 Å². The topological polar surface area (TPSA) is 67.8 Å². The lowest BCUT2D eigenvalue weighted by Crippen LogP contribution is -2.22. The number of hydrogen-bond donors (Lipinski definition) is 1. The number of carbonyl (C=O) groups excluding carboxylic acids is 1. The minimum Gasteiger partial charge on any atom is -0.300 e. The summed E-state index contributed by atoms with van der Waals surface area (Å²) in [5.41, 5.74) is 2.11. The Kier molecular flexibility index (Phi) is 5.11.